The molecule has 0 radical (unpaired) electrons. The van der Waals surface area contributed by atoms with E-state index >= 15 is 0 Å². The molecule has 5 rings (SSSR count). The number of thiazole rings is 1. The number of carbonyl (C=O) groups is 1. The Kier molecular flexibility index (Phi) is 6.73. The van der Waals surface area contributed by atoms with Crippen LogP contribution in [-0.2, 0) is 21.4 Å². The van der Waals surface area contributed by atoms with Gasteiger partial charge >= 0.3 is 0 Å². The second-order valence-corrected chi connectivity index (χ2v) is 11.6. The molecule has 1 fully saturated rings. The molecule has 2 aromatic carbocycles. The number of rotatable bonds is 6. The van der Waals surface area contributed by atoms with Crippen LogP contribution in [0.1, 0.15) is 18.4 Å². The molecule has 1 aliphatic rings. The highest BCUT2D eigenvalue weighted by Crippen LogP contribution is 2.35. The highest BCUT2D eigenvalue weighted by atomic mass is 35.5. The fourth-order valence-electron chi connectivity index (χ4n) is 4.17. The molecule has 0 spiro atoms. The lowest BCUT2D eigenvalue weighted by molar-refractivity contribution is -0.121. The number of anilines is 1. The van der Waals surface area contributed by atoms with Gasteiger partial charge in [-0.25, -0.2) is 22.2 Å². The van der Waals surface area contributed by atoms with Crippen molar-refractivity contribution in [1.82, 2.24) is 14.3 Å². The van der Waals surface area contributed by atoms with E-state index in [4.69, 9.17) is 11.6 Å². The third-order valence-electron chi connectivity index (χ3n) is 5.87. The Labute approximate surface area is 215 Å². The summed E-state index contributed by atoms with van der Waals surface area (Å²) in [4.78, 5) is 23.6. The maximum Gasteiger partial charge on any atom is 0.247 e. The van der Waals surface area contributed by atoms with Gasteiger partial charge < -0.3 is 0 Å². The van der Waals surface area contributed by atoms with Gasteiger partial charge in [-0.15, -0.1) is 0 Å². The van der Waals surface area contributed by atoms with Gasteiger partial charge in [0.2, 0.25) is 15.9 Å². The number of pyridine rings is 1. The largest absolute Gasteiger partial charge is 0.282 e. The van der Waals surface area contributed by atoms with E-state index in [0.717, 1.165) is 23.5 Å². The van der Waals surface area contributed by atoms with E-state index in [-0.39, 0.29) is 33.3 Å². The molecule has 0 aliphatic carbocycles. The first-order valence-electron chi connectivity index (χ1n) is 11.0. The Morgan fingerprint density at radius 1 is 1.19 bits per heavy atom. The van der Waals surface area contributed by atoms with Crippen molar-refractivity contribution in [2.24, 2.45) is 0 Å². The van der Waals surface area contributed by atoms with Gasteiger partial charge in [0, 0.05) is 30.0 Å². The number of carbonyl (C=O) groups excluding carboxylic acids is 1. The summed E-state index contributed by atoms with van der Waals surface area (Å²) in [6.45, 7) is 0.198. The second kappa shape index (κ2) is 9.81. The van der Waals surface area contributed by atoms with Crippen molar-refractivity contribution in [3.63, 3.8) is 0 Å². The summed E-state index contributed by atoms with van der Waals surface area (Å²) >= 11 is 6.87. The highest BCUT2D eigenvalue weighted by Gasteiger charge is 2.42. The summed E-state index contributed by atoms with van der Waals surface area (Å²) in [5.74, 6) is -2.10. The van der Waals surface area contributed by atoms with Crippen molar-refractivity contribution >= 4 is 54.2 Å². The molecule has 2 aromatic heterocycles. The zero-order valence-corrected chi connectivity index (χ0v) is 21.0. The van der Waals surface area contributed by atoms with E-state index < -0.39 is 33.6 Å². The molecular formula is C24H19ClF2N4O3S2. The predicted octanol–water partition coefficient (Wildman–Crippen LogP) is 5.01. The first-order valence-corrected chi connectivity index (χ1v) is 13.6. The van der Waals surface area contributed by atoms with E-state index in [9.17, 15) is 22.0 Å². The molecule has 36 heavy (non-hydrogen) atoms. The van der Waals surface area contributed by atoms with Gasteiger partial charge in [0.1, 0.15) is 17.4 Å². The molecular weight excluding hydrogens is 530 g/mol. The monoisotopic (exact) mass is 548 g/mol. The van der Waals surface area contributed by atoms with Gasteiger partial charge in [-0.1, -0.05) is 29.0 Å². The Hall–Kier alpha value is -2.99. The van der Waals surface area contributed by atoms with Crippen molar-refractivity contribution < 1.29 is 22.0 Å². The summed E-state index contributed by atoms with van der Waals surface area (Å²) in [5.41, 5.74) is 0.610. The van der Waals surface area contributed by atoms with Gasteiger partial charge in [0.05, 0.1) is 16.1 Å². The lowest BCUT2D eigenvalue weighted by Gasteiger charge is -2.28. The third kappa shape index (κ3) is 4.71. The normalized spacial score (nSPS) is 16.5. The van der Waals surface area contributed by atoms with Crippen molar-refractivity contribution in [1.29, 1.82) is 0 Å². The van der Waals surface area contributed by atoms with E-state index in [0.29, 0.717) is 23.4 Å². The summed E-state index contributed by atoms with van der Waals surface area (Å²) < 4.78 is 56.4. The Morgan fingerprint density at radius 2 is 1.97 bits per heavy atom. The number of hydrogen-bond donors (Lipinski definition) is 0. The minimum atomic E-state index is -3.99. The van der Waals surface area contributed by atoms with Gasteiger partial charge in [-0.3, -0.25) is 14.7 Å². The number of hydrogen-bond acceptors (Lipinski definition) is 6. The average molecular weight is 549 g/mol. The Balaban J connectivity index is 1.54. The summed E-state index contributed by atoms with van der Waals surface area (Å²) in [7, 11) is -3.99. The first-order chi connectivity index (χ1) is 17.2. The molecule has 1 aliphatic heterocycles. The van der Waals surface area contributed by atoms with Crippen LogP contribution in [-0.4, -0.2) is 41.2 Å². The molecule has 0 N–H and O–H groups in total. The molecule has 0 bridgehead atoms. The lowest BCUT2D eigenvalue weighted by atomic mass is 10.2. The maximum absolute atomic E-state index is 14.4. The number of halogens is 3. The fraction of sp³-hybridized carbons (Fsp3) is 0.208. The summed E-state index contributed by atoms with van der Waals surface area (Å²) in [6, 6.07) is 10.1. The zero-order chi connectivity index (χ0) is 25.4. The van der Waals surface area contributed by atoms with Crippen molar-refractivity contribution in [3.05, 3.63) is 83.1 Å². The maximum atomic E-state index is 14.4. The number of fused-ring (bicyclic) bond motifs is 1. The van der Waals surface area contributed by atoms with Crippen LogP contribution in [0.15, 0.2) is 65.8 Å². The quantitative estimate of drug-likeness (QED) is 0.338. The van der Waals surface area contributed by atoms with Crippen molar-refractivity contribution in [2.75, 3.05) is 11.4 Å². The van der Waals surface area contributed by atoms with Crippen LogP contribution < -0.4 is 4.90 Å². The lowest BCUT2D eigenvalue weighted by Crippen LogP contribution is -2.47. The Morgan fingerprint density at radius 3 is 2.69 bits per heavy atom. The minimum absolute atomic E-state index is 0.0297. The molecule has 12 heteroatoms. The van der Waals surface area contributed by atoms with E-state index in [2.05, 4.69) is 9.97 Å². The molecule has 7 nitrogen and oxygen atoms in total. The van der Waals surface area contributed by atoms with E-state index in [1.54, 1.807) is 24.5 Å². The van der Waals surface area contributed by atoms with Crippen LogP contribution >= 0.6 is 22.9 Å². The SMILES string of the molecule is O=C(C1CCCN1S(=O)(=O)c1ccc(Cl)cc1)N(Cc1cccnc1)c1nc2c(F)cc(F)cc2s1. The van der Waals surface area contributed by atoms with Gasteiger partial charge in [0.25, 0.3) is 0 Å². The summed E-state index contributed by atoms with van der Waals surface area (Å²) in [5, 5.41) is 0.532. The zero-order valence-electron chi connectivity index (χ0n) is 18.6. The molecule has 4 aromatic rings. The highest BCUT2D eigenvalue weighted by molar-refractivity contribution is 7.89. The second-order valence-electron chi connectivity index (χ2n) is 8.24. The van der Waals surface area contributed by atoms with Gasteiger partial charge in [-0.2, -0.15) is 4.31 Å². The van der Waals surface area contributed by atoms with Crippen LogP contribution in [0, 0.1) is 11.6 Å². The van der Waals surface area contributed by atoms with Gasteiger partial charge in [-0.05, 0) is 54.8 Å². The van der Waals surface area contributed by atoms with Crippen LogP contribution in [0.25, 0.3) is 10.2 Å². The van der Waals surface area contributed by atoms with E-state index in [1.807, 2.05) is 0 Å². The third-order valence-corrected chi connectivity index (χ3v) is 9.07. The fourth-order valence-corrected chi connectivity index (χ4v) is 6.96. The molecule has 1 saturated heterocycles. The average Bonchev–Trinajstić information content (AvgIpc) is 3.51. The van der Waals surface area contributed by atoms with Crippen LogP contribution in [0.5, 0.6) is 0 Å². The number of sulfonamides is 1. The number of nitrogens with zero attached hydrogens (tertiary/aromatic N) is 4. The summed E-state index contributed by atoms with van der Waals surface area (Å²) in [6.07, 6.45) is 3.96. The smallest absolute Gasteiger partial charge is 0.247 e. The van der Waals surface area contributed by atoms with Crippen LogP contribution in [0.3, 0.4) is 0 Å². The first kappa shape index (κ1) is 24.7. The molecule has 1 atom stereocenters. The molecule has 3 heterocycles. The molecule has 1 amide bonds. The number of benzene rings is 2. The molecule has 186 valence electrons. The predicted molar refractivity (Wildman–Crippen MR) is 133 cm³/mol. The number of amides is 1. The minimum Gasteiger partial charge on any atom is -0.282 e. The standard InChI is InChI=1S/C24H19ClF2N4O3S2/c25-16-5-7-18(8-6-16)36(33,34)31-10-2-4-20(31)23(32)30(14-15-3-1-9-28-13-15)24-29-22-19(27)11-17(26)12-21(22)35-24/h1,3,5-9,11-13,20H,2,4,10,14H2. The van der Waals surface area contributed by atoms with E-state index in [1.165, 1.54) is 33.5 Å². The Bertz CT molecular complexity index is 1530. The van der Waals surface area contributed by atoms with Crippen LogP contribution in [0.2, 0.25) is 5.02 Å². The van der Waals surface area contributed by atoms with Crippen molar-refractivity contribution in [2.45, 2.75) is 30.3 Å². The van der Waals surface area contributed by atoms with Crippen LogP contribution in [0.4, 0.5) is 13.9 Å². The topological polar surface area (TPSA) is 83.5 Å². The molecule has 0 saturated carbocycles. The number of aromatic nitrogens is 2. The van der Waals surface area contributed by atoms with Gasteiger partial charge in [0.15, 0.2) is 10.9 Å². The molecule has 1 unspecified atom stereocenters. The van der Waals surface area contributed by atoms with Crippen molar-refractivity contribution in [3.8, 4) is 0 Å².